The van der Waals surface area contributed by atoms with Gasteiger partial charge in [-0.3, -0.25) is 14.9 Å². The van der Waals surface area contributed by atoms with Crippen LogP contribution in [0.1, 0.15) is 39.1 Å². The second-order valence-corrected chi connectivity index (χ2v) is 6.62. The van der Waals surface area contributed by atoms with E-state index >= 15 is 0 Å². The lowest BCUT2D eigenvalue weighted by Crippen LogP contribution is -2.40. The third-order valence-corrected chi connectivity index (χ3v) is 4.68. The summed E-state index contributed by atoms with van der Waals surface area (Å²) in [7, 11) is 0. The molecular weight excluding hydrogens is 364 g/mol. The first-order valence-corrected chi connectivity index (χ1v) is 8.91. The van der Waals surface area contributed by atoms with Gasteiger partial charge in [0.2, 0.25) is 0 Å². The number of carbonyl (C=O) groups is 2. The van der Waals surface area contributed by atoms with Gasteiger partial charge in [-0.15, -0.1) is 0 Å². The summed E-state index contributed by atoms with van der Waals surface area (Å²) >= 11 is 0. The van der Waals surface area contributed by atoms with Gasteiger partial charge in [-0.2, -0.15) is 0 Å². The van der Waals surface area contributed by atoms with E-state index in [1.54, 1.807) is 4.90 Å². The molecule has 0 saturated carbocycles. The maximum absolute atomic E-state index is 12.7. The van der Waals surface area contributed by atoms with E-state index in [0.717, 1.165) is 17.7 Å². The number of carboxylic acids is 1. The Morgan fingerprint density at radius 3 is 2.36 bits per heavy atom. The third-order valence-electron chi connectivity index (χ3n) is 4.68. The minimum Gasteiger partial charge on any atom is -0.478 e. The summed E-state index contributed by atoms with van der Waals surface area (Å²) in [6.45, 7) is 1.40. The molecule has 1 N–H and O–H groups in total. The number of non-ortho nitro benzene ring substituents is 1. The van der Waals surface area contributed by atoms with Crippen LogP contribution in [0, 0.1) is 10.1 Å². The van der Waals surface area contributed by atoms with Gasteiger partial charge in [0.15, 0.2) is 0 Å². The van der Waals surface area contributed by atoms with Crippen LogP contribution in [0.5, 0.6) is 0 Å². The molecule has 8 heteroatoms. The number of rotatable bonds is 6. The summed E-state index contributed by atoms with van der Waals surface area (Å²) in [5.74, 6) is -1.72. The molecule has 0 aliphatic carbocycles. The lowest BCUT2D eigenvalue weighted by atomic mass is 10.0. The van der Waals surface area contributed by atoms with Gasteiger partial charge in [0.25, 0.3) is 11.6 Å². The monoisotopic (exact) mass is 384 g/mol. The molecule has 0 atom stereocenters. The fourth-order valence-corrected chi connectivity index (χ4v) is 3.16. The molecule has 8 nitrogen and oxygen atoms in total. The molecule has 146 valence electrons. The summed E-state index contributed by atoms with van der Waals surface area (Å²) in [4.78, 5) is 35.8. The van der Waals surface area contributed by atoms with Gasteiger partial charge in [0, 0.05) is 30.8 Å². The fourth-order valence-electron chi connectivity index (χ4n) is 3.16. The number of amides is 1. The van der Waals surface area contributed by atoms with E-state index in [9.17, 15) is 19.7 Å². The molecule has 2 aromatic rings. The molecular formula is C20H20N2O6. The summed E-state index contributed by atoms with van der Waals surface area (Å²) in [5.41, 5.74) is 0.400. The molecule has 1 heterocycles. The van der Waals surface area contributed by atoms with Crippen molar-refractivity contribution in [2.75, 3.05) is 13.1 Å². The normalized spacial score (nSPS) is 14.6. The molecule has 0 unspecified atom stereocenters. The number of ether oxygens (including phenoxy) is 1. The first-order valence-electron chi connectivity index (χ1n) is 8.91. The van der Waals surface area contributed by atoms with Gasteiger partial charge >= 0.3 is 5.97 Å². The molecule has 0 radical (unpaired) electrons. The highest BCUT2D eigenvalue weighted by atomic mass is 16.6. The summed E-state index contributed by atoms with van der Waals surface area (Å²) < 4.78 is 5.90. The van der Waals surface area contributed by atoms with Crippen LogP contribution in [0.2, 0.25) is 0 Å². The molecule has 1 aliphatic rings. The minimum atomic E-state index is -1.31. The number of benzene rings is 2. The second kappa shape index (κ2) is 8.62. The average Bonchev–Trinajstić information content (AvgIpc) is 2.72. The third kappa shape index (κ3) is 4.72. The van der Waals surface area contributed by atoms with E-state index in [2.05, 4.69) is 0 Å². The fraction of sp³-hybridized carbons (Fsp3) is 0.300. The van der Waals surface area contributed by atoms with Crippen molar-refractivity contribution in [3.05, 3.63) is 75.3 Å². The predicted octanol–water partition coefficient (Wildman–Crippen LogP) is 3.11. The molecule has 2 aromatic carbocycles. The van der Waals surface area contributed by atoms with Gasteiger partial charge in [-0.25, -0.2) is 4.79 Å². The molecule has 1 aliphatic heterocycles. The molecule has 28 heavy (non-hydrogen) atoms. The Balaban J connectivity index is 1.62. The number of carbonyl (C=O) groups excluding carboxylic acids is 1. The molecule has 3 rings (SSSR count). The highest BCUT2D eigenvalue weighted by Crippen LogP contribution is 2.22. The zero-order valence-electron chi connectivity index (χ0n) is 15.1. The van der Waals surface area contributed by atoms with Crippen molar-refractivity contribution < 1.29 is 24.4 Å². The van der Waals surface area contributed by atoms with Crippen LogP contribution in [0.25, 0.3) is 0 Å². The molecule has 1 saturated heterocycles. The largest absolute Gasteiger partial charge is 0.478 e. The van der Waals surface area contributed by atoms with Crippen molar-refractivity contribution in [3.63, 3.8) is 0 Å². The lowest BCUT2D eigenvalue weighted by Gasteiger charge is -2.32. The number of nitrogens with zero attached hydrogens (tertiary/aromatic N) is 2. The second-order valence-electron chi connectivity index (χ2n) is 6.62. The first kappa shape index (κ1) is 19.5. The maximum Gasteiger partial charge on any atom is 0.335 e. The van der Waals surface area contributed by atoms with Gasteiger partial charge in [0.05, 0.1) is 23.2 Å². The number of carboxylic acid groups (broad SMARTS) is 1. The summed E-state index contributed by atoms with van der Waals surface area (Å²) in [6.07, 6.45) is 1.34. The van der Waals surface area contributed by atoms with E-state index < -0.39 is 22.5 Å². The Bertz CT molecular complexity index is 843. The summed E-state index contributed by atoms with van der Waals surface area (Å²) in [6, 6.07) is 13.1. The Hall–Kier alpha value is -3.26. The zero-order valence-corrected chi connectivity index (χ0v) is 15.1. The Labute approximate surface area is 161 Å². The van der Waals surface area contributed by atoms with E-state index in [-0.39, 0.29) is 17.2 Å². The highest BCUT2D eigenvalue weighted by Gasteiger charge is 2.26. The number of piperidine rings is 1. The van der Waals surface area contributed by atoms with Crippen molar-refractivity contribution in [2.45, 2.75) is 25.6 Å². The first-order chi connectivity index (χ1) is 13.4. The lowest BCUT2D eigenvalue weighted by molar-refractivity contribution is -0.384. The van der Waals surface area contributed by atoms with Crippen LogP contribution >= 0.6 is 0 Å². The standard InChI is InChI=1S/C20H20N2O6/c23-19(15-10-16(20(24)25)12-17(11-15)22(26)27)21-8-6-18(7-9-21)28-13-14-4-2-1-3-5-14/h1-5,10-12,18H,6-9,13H2,(H,24,25). The number of nitro groups is 1. The topological polar surface area (TPSA) is 110 Å². The van der Waals surface area contributed by atoms with Crippen LogP contribution in [-0.4, -0.2) is 46.0 Å². The van der Waals surface area contributed by atoms with Crippen molar-refractivity contribution in [1.29, 1.82) is 0 Å². The van der Waals surface area contributed by atoms with Gasteiger partial charge in [-0.1, -0.05) is 30.3 Å². The Morgan fingerprint density at radius 2 is 1.75 bits per heavy atom. The minimum absolute atomic E-state index is 0.00949. The molecule has 0 spiro atoms. The number of hydrogen-bond donors (Lipinski definition) is 1. The van der Waals surface area contributed by atoms with Crippen molar-refractivity contribution in [1.82, 2.24) is 4.90 Å². The predicted molar refractivity (Wildman–Crippen MR) is 100 cm³/mol. The quantitative estimate of drug-likeness (QED) is 0.605. The number of likely N-dealkylation sites (tertiary alicyclic amines) is 1. The molecule has 0 aromatic heterocycles. The van der Waals surface area contributed by atoms with Crippen molar-refractivity contribution in [2.24, 2.45) is 0 Å². The van der Waals surface area contributed by atoms with Gasteiger partial charge in [0.1, 0.15) is 0 Å². The summed E-state index contributed by atoms with van der Waals surface area (Å²) in [5, 5.41) is 20.2. The van der Waals surface area contributed by atoms with Crippen molar-refractivity contribution >= 4 is 17.6 Å². The van der Waals surface area contributed by atoms with Crippen LogP contribution < -0.4 is 0 Å². The van der Waals surface area contributed by atoms with Crippen LogP contribution in [0.4, 0.5) is 5.69 Å². The number of aromatic carboxylic acids is 1. The van der Waals surface area contributed by atoms with E-state index in [0.29, 0.717) is 32.5 Å². The van der Waals surface area contributed by atoms with E-state index in [1.165, 1.54) is 6.07 Å². The van der Waals surface area contributed by atoms with Gasteiger partial charge < -0.3 is 14.7 Å². The van der Waals surface area contributed by atoms with Crippen LogP contribution in [-0.2, 0) is 11.3 Å². The average molecular weight is 384 g/mol. The van der Waals surface area contributed by atoms with Crippen LogP contribution in [0.15, 0.2) is 48.5 Å². The molecule has 1 amide bonds. The Morgan fingerprint density at radius 1 is 1.11 bits per heavy atom. The smallest absolute Gasteiger partial charge is 0.335 e. The van der Waals surface area contributed by atoms with Crippen LogP contribution in [0.3, 0.4) is 0 Å². The van der Waals surface area contributed by atoms with Gasteiger partial charge in [-0.05, 0) is 24.5 Å². The Kier molecular flexibility index (Phi) is 6.00. The SMILES string of the molecule is O=C(O)c1cc(C(=O)N2CCC(OCc3ccccc3)CC2)cc([N+](=O)[O-])c1. The highest BCUT2D eigenvalue weighted by molar-refractivity contribution is 5.98. The maximum atomic E-state index is 12.7. The zero-order chi connectivity index (χ0) is 20.1. The number of hydrogen-bond acceptors (Lipinski definition) is 5. The van der Waals surface area contributed by atoms with Crippen molar-refractivity contribution in [3.8, 4) is 0 Å². The van der Waals surface area contributed by atoms with E-state index in [1.807, 2.05) is 30.3 Å². The van der Waals surface area contributed by atoms with E-state index in [4.69, 9.17) is 9.84 Å². The molecule has 1 fully saturated rings. The number of nitro benzene ring substituents is 1. The molecule has 0 bridgehead atoms.